The van der Waals surface area contributed by atoms with Crippen molar-refractivity contribution in [2.24, 2.45) is 0 Å². The minimum absolute atomic E-state index is 0. The first-order valence-corrected chi connectivity index (χ1v) is 20.3. The third-order valence-corrected chi connectivity index (χ3v) is 9.99. The molecule has 11 heteroatoms. The van der Waals surface area contributed by atoms with Gasteiger partial charge in [0.05, 0.1) is 0 Å². The monoisotopic (exact) mass is 746 g/mol. The van der Waals surface area contributed by atoms with Crippen LogP contribution in [-0.2, 0) is 52.6 Å². The van der Waals surface area contributed by atoms with Gasteiger partial charge in [0.1, 0.15) is 20.8 Å². The average molecular weight is 748 g/mol. The molecule has 8 nitrogen and oxygen atoms in total. The van der Waals surface area contributed by atoms with Crippen molar-refractivity contribution in [3.05, 3.63) is 47.5 Å². The zero-order valence-corrected chi connectivity index (χ0v) is 33.5. The molecule has 0 aliphatic rings. The number of rotatable bonds is 24. The van der Waals surface area contributed by atoms with E-state index in [2.05, 4.69) is 13.8 Å². The Morgan fingerprint density at radius 3 is 1.21 bits per heavy atom. The third-order valence-electron chi connectivity index (χ3n) is 8.22. The molecule has 0 spiro atoms. The summed E-state index contributed by atoms with van der Waals surface area (Å²) in [5.41, 5.74) is 1.71. The van der Waals surface area contributed by atoms with Crippen LogP contribution in [0.15, 0.2) is 46.2 Å². The summed E-state index contributed by atoms with van der Waals surface area (Å²) in [6.45, 7) is 4.46. The molecule has 0 saturated heterocycles. The summed E-state index contributed by atoms with van der Waals surface area (Å²) in [6, 6.07) is 8.32. The number of benzene rings is 2. The van der Waals surface area contributed by atoms with Gasteiger partial charge >= 0.3 is 19.5 Å². The predicted octanol–water partition coefficient (Wildman–Crippen LogP) is 9.23. The smallest absolute Gasteiger partial charge is 0.872 e. The van der Waals surface area contributed by atoms with Gasteiger partial charge in [-0.3, -0.25) is 4.55 Å². The topological polar surface area (TPSA) is 155 Å². The first-order valence-electron chi connectivity index (χ1n) is 17.4. The van der Waals surface area contributed by atoms with E-state index in [1.807, 2.05) is 0 Å². The predicted molar refractivity (Wildman–Crippen MR) is 183 cm³/mol. The molecule has 2 aromatic rings. The molecule has 2 rings (SSSR count). The second-order valence-electron chi connectivity index (χ2n) is 12.4. The van der Waals surface area contributed by atoms with Gasteiger partial charge in [-0.25, -0.2) is 8.42 Å². The molecule has 0 atom stereocenters. The Labute approximate surface area is 298 Å². The fourth-order valence-electron chi connectivity index (χ4n) is 5.48. The molecule has 2 aromatic carbocycles. The first kappa shape index (κ1) is 45.5. The zero-order valence-electron chi connectivity index (χ0n) is 28.9. The van der Waals surface area contributed by atoms with E-state index in [9.17, 15) is 31.6 Å². The molecule has 0 heterocycles. The van der Waals surface area contributed by atoms with Crippen molar-refractivity contribution in [3.8, 4) is 11.5 Å². The summed E-state index contributed by atoms with van der Waals surface area (Å²) in [5.74, 6) is -1.07. The standard InChI is InChI=1S/2C18H30O4S.Zn/c2*1-2-3-4-5-6-7-8-9-10-11-12-16-13-14-18(17(19)15-16)23(20,21)22;/h2*13-15,19H,2-12H2,1H3,(H,20,21,22);/q;;+2/p-2. The van der Waals surface area contributed by atoms with Crippen LogP contribution in [-0.4, -0.2) is 31.0 Å². The Morgan fingerprint density at radius 1 is 0.553 bits per heavy atom. The summed E-state index contributed by atoms with van der Waals surface area (Å²) >= 11 is 0. The molecule has 0 unspecified atom stereocenters. The van der Waals surface area contributed by atoms with E-state index in [1.54, 1.807) is 12.1 Å². The van der Waals surface area contributed by atoms with E-state index in [4.69, 9.17) is 4.55 Å². The SMILES string of the molecule is CCCCCCCCCCCCc1ccc(S(=O)(=O)O)c(O)c1.CCCCCCCCCCCCc1ccc(S(=O)(=O)[O-])c([O-])c1.[Zn+2]. The van der Waals surface area contributed by atoms with E-state index >= 15 is 0 Å². The number of phenols is 1. The Morgan fingerprint density at radius 2 is 0.894 bits per heavy atom. The molecule has 264 valence electrons. The molecule has 0 aliphatic heterocycles. The van der Waals surface area contributed by atoms with Gasteiger partial charge < -0.3 is 14.8 Å². The maximum atomic E-state index is 11.6. The fraction of sp³-hybridized carbons (Fsp3) is 0.667. The molecule has 0 fully saturated rings. The number of aromatic hydroxyl groups is 1. The zero-order chi connectivity index (χ0) is 34.3. The molecule has 47 heavy (non-hydrogen) atoms. The van der Waals surface area contributed by atoms with Crippen LogP contribution in [0.4, 0.5) is 0 Å². The van der Waals surface area contributed by atoms with Gasteiger partial charge in [-0.1, -0.05) is 153 Å². The molecule has 0 amide bonds. The Kier molecular flexibility index (Phi) is 25.5. The quantitative estimate of drug-likeness (QED) is 0.0612. The van der Waals surface area contributed by atoms with Crippen LogP contribution in [0, 0.1) is 0 Å². The number of aryl methyl sites for hydroxylation is 2. The number of hydrogen-bond donors (Lipinski definition) is 2. The van der Waals surface area contributed by atoms with Crippen molar-refractivity contribution in [1.82, 2.24) is 0 Å². The van der Waals surface area contributed by atoms with Crippen LogP contribution >= 0.6 is 0 Å². The molecule has 0 aliphatic carbocycles. The van der Waals surface area contributed by atoms with Crippen LogP contribution in [0.5, 0.6) is 11.5 Å². The summed E-state index contributed by atoms with van der Waals surface area (Å²) in [4.78, 5) is -1.08. The van der Waals surface area contributed by atoms with Gasteiger partial charge in [0.2, 0.25) is 0 Å². The van der Waals surface area contributed by atoms with Crippen LogP contribution in [0.25, 0.3) is 0 Å². The molecule has 0 radical (unpaired) electrons. The summed E-state index contributed by atoms with van der Waals surface area (Å²) in [7, 11) is -9.00. The van der Waals surface area contributed by atoms with E-state index in [0.29, 0.717) is 0 Å². The van der Waals surface area contributed by atoms with Crippen molar-refractivity contribution < 1.29 is 55.6 Å². The summed E-state index contributed by atoms with van der Waals surface area (Å²) in [5, 5.41) is 21.2. The largest absolute Gasteiger partial charge is 2.00 e. The maximum Gasteiger partial charge on any atom is 2.00 e. The van der Waals surface area contributed by atoms with Crippen LogP contribution in [0.2, 0.25) is 0 Å². The van der Waals surface area contributed by atoms with E-state index in [-0.39, 0.29) is 25.2 Å². The van der Waals surface area contributed by atoms with E-state index < -0.39 is 35.8 Å². The van der Waals surface area contributed by atoms with Gasteiger partial charge in [0, 0.05) is 4.90 Å². The fourth-order valence-corrected chi connectivity index (χ4v) is 6.59. The number of unbranched alkanes of at least 4 members (excludes halogenated alkanes) is 18. The third kappa shape index (κ3) is 21.9. The molecule has 0 saturated carbocycles. The van der Waals surface area contributed by atoms with Crippen molar-refractivity contribution in [2.75, 3.05) is 0 Å². The van der Waals surface area contributed by atoms with Gasteiger partial charge in [-0.05, 0) is 55.0 Å². The molecule has 2 N–H and O–H groups in total. The molecule has 0 bridgehead atoms. The molecule has 0 aromatic heterocycles. The van der Waals surface area contributed by atoms with Gasteiger partial charge in [0.15, 0.2) is 0 Å². The van der Waals surface area contributed by atoms with Crippen molar-refractivity contribution in [3.63, 3.8) is 0 Å². The Balaban J connectivity index is 0.000000882. The van der Waals surface area contributed by atoms with Crippen LogP contribution < -0.4 is 5.11 Å². The van der Waals surface area contributed by atoms with Crippen molar-refractivity contribution >= 4 is 20.2 Å². The average Bonchev–Trinajstić information content (AvgIpc) is 2.98. The first-order chi connectivity index (χ1) is 21.9. The van der Waals surface area contributed by atoms with Crippen molar-refractivity contribution in [2.45, 2.75) is 165 Å². The second-order valence-corrected chi connectivity index (χ2v) is 15.1. The van der Waals surface area contributed by atoms with E-state index in [1.165, 1.54) is 121 Å². The normalized spacial score (nSPS) is 11.5. The Bertz CT molecular complexity index is 1210. The number of hydrogen-bond acceptors (Lipinski definition) is 7. The van der Waals surface area contributed by atoms with Crippen molar-refractivity contribution in [1.29, 1.82) is 0 Å². The second kappa shape index (κ2) is 26.4. The molecular formula is C36H58O8S2Zn. The summed E-state index contributed by atoms with van der Waals surface area (Å²) in [6.07, 6.45) is 26.8. The molecular weight excluding hydrogens is 690 g/mol. The van der Waals surface area contributed by atoms with Gasteiger partial charge in [0.25, 0.3) is 10.1 Å². The minimum Gasteiger partial charge on any atom is -0.872 e. The van der Waals surface area contributed by atoms with Crippen LogP contribution in [0.3, 0.4) is 0 Å². The minimum atomic E-state index is -4.66. The van der Waals surface area contributed by atoms with Gasteiger partial charge in [-0.2, -0.15) is 8.42 Å². The Hall–Kier alpha value is -1.52. The number of phenolic OH excluding ortho intramolecular Hbond substituents is 1. The van der Waals surface area contributed by atoms with Gasteiger partial charge in [-0.15, -0.1) is 0 Å². The van der Waals surface area contributed by atoms with E-state index in [0.717, 1.165) is 55.7 Å². The summed E-state index contributed by atoms with van der Waals surface area (Å²) < 4.78 is 63.5. The van der Waals surface area contributed by atoms with Crippen LogP contribution in [0.1, 0.15) is 153 Å². The maximum absolute atomic E-state index is 11.6.